The highest BCUT2D eigenvalue weighted by Gasteiger charge is 2.28. The average Bonchev–Trinajstić information content (AvgIpc) is 2.88. The Bertz CT molecular complexity index is 802. The molecule has 4 atom stereocenters. The molecule has 0 bridgehead atoms. The molecule has 0 radical (unpaired) electrons. The third-order valence-corrected chi connectivity index (χ3v) is 6.31. The summed E-state index contributed by atoms with van der Waals surface area (Å²) in [6.07, 6.45) is 11.8. The van der Waals surface area contributed by atoms with E-state index in [2.05, 4.69) is 10.6 Å². The molecule has 0 aromatic heterocycles. The summed E-state index contributed by atoms with van der Waals surface area (Å²) in [7, 11) is 0. The molecule has 2 aliphatic heterocycles. The van der Waals surface area contributed by atoms with Crippen molar-refractivity contribution in [3.05, 3.63) is 36.0 Å². The van der Waals surface area contributed by atoms with E-state index in [-0.39, 0.29) is 29.4 Å². The van der Waals surface area contributed by atoms with Crippen LogP contribution >= 0.6 is 0 Å². The molecule has 2 rings (SSSR count). The Morgan fingerprint density at radius 1 is 1.08 bits per heavy atom. The molecule has 5 N–H and O–H groups in total. The third kappa shape index (κ3) is 13.5. The lowest BCUT2D eigenvalue weighted by atomic mass is 9.86. The molecule has 1 fully saturated rings. The van der Waals surface area contributed by atoms with Gasteiger partial charge in [-0.05, 0) is 51.0 Å². The largest absolute Gasteiger partial charge is 0.387 e. The summed E-state index contributed by atoms with van der Waals surface area (Å²) in [6, 6.07) is -0.966. The minimum absolute atomic E-state index is 0.0111. The van der Waals surface area contributed by atoms with Crippen LogP contribution in [0.1, 0.15) is 92.9 Å². The van der Waals surface area contributed by atoms with Crippen molar-refractivity contribution < 1.29 is 24.3 Å². The maximum absolute atomic E-state index is 12.9. The minimum Gasteiger partial charge on any atom is -0.387 e. The number of ketones is 1. The van der Waals surface area contributed by atoms with E-state index in [9.17, 15) is 24.3 Å². The first-order valence-electron chi connectivity index (χ1n) is 13.8. The highest BCUT2D eigenvalue weighted by molar-refractivity contribution is 5.97. The second-order valence-electron chi connectivity index (χ2n) is 9.13. The van der Waals surface area contributed by atoms with Crippen molar-refractivity contribution in [2.75, 3.05) is 0 Å². The fourth-order valence-electron chi connectivity index (χ4n) is 4.22. The normalized spacial score (nSPS) is 27.3. The number of hydrogen-bond donors (Lipinski definition) is 4. The van der Waals surface area contributed by atoms with E-state index in [4.69, 9.17) is 5.73 Å². The number of hydrogen-bond acceptors (Lipinski definition) is 6. The number of aliphatic hydroxyl groups excluding tert-OH is 1. The number of carbonyl (C=O) groups is 4. The molecule has 2 aliphatic rings. The zero-order valence-corrected chi connectivity index (χ0v) is 23.6. The fourth-order valence-corrected chi connectivity index (χ4v) is 4.22. The Kier molecular flexibility index (Phi) is 18.2. The molecule has 0 aromatic rings. The van der Waals surface area contributed by atoms with Crippen LogP contribution in [0.2, 0.25) is 0 Å². The van der Waals surface area contributed by atoms with E-state index in [0.29, 0.717) is 51.4 Å². The number of rotatable bonds is 6. The number of aliphatic hydroxyl groups is 1. The number of Topliss-reactive ketones (excluding diaryl/α,β-unsaturated/α-hetero) is 1. The number of nitrogens with two attached hydrogens (primary N) is 1. The molecule has 1 saturated heterocycles. The van der Waals surface area contributed by atoms with Gasteiger partial charge in [0, 0.05) is 31.2 Å². The van der Waals surface area contributed by atoms with Crippen LogP contribution in [0.15, 0.2) is 36.0 Å². The van der Waals surface area contributed by atoms with Crippen LogP contribution in [0.25, 0.3) is 0 Å². The van der Waals surface area contributed by atoms with E-state index in [1.54, 1.807) is 19.1 Å². The zero-order valence-electron chi connectivity index (χ0n) is 23.6. The predicted molar refractivity (Wildman–Crippen MR) is 148 cm³/mol. The Balaban J connectivity index is 0.00000308. The van der Waals surface area contributed by atoms with Crippen molar-refractivity contribution in [2.24, 2.45) is 17.6 Å². The standard InChI is InChI=1S/C25H37N3O5.2C2H6/c1-16-12-13-19(26)21(30)9-5-3-4-6-11-22(31)28-25(16)17(2)20(29)10-7-8-18-14-23(32)27-24(33)15-18;2*1-2/h5-6,9,11-12,17-19,21,25,30H,3-4,7-8,10,13-15,26H2,1-2H3,(H,28,31)(H,27,32,33);2*1-2H3/b9-5+,11-6+,16-12-;;. The lowest BCUT2D eigenvalue weighted by Crippen LogP contribution is -2.43. The predicted octanol–water partition coefficient (Wildman–Crippen LogP) is 3.88. The molecular weight excluding hydrogens is 470 g/mol. The fraction of sp³-hybridized carbons (Fsp3) is 0.655. The van der Waals surface area contributed by atoms with E-state index >= 15 is 0 Å². The molecule has 0 aliphatic carbocycles. The highest BCUT2D eigenvalue weighted by atomic mass is 16.3. The van der Waals surface area contributed by atoms with Crippen LogP contribution in [-0.4, -0.2) is 46.8 Å². The molecule has 210 valence electrons. The SMILES string of the molecule is C/C1=C/CC(N)C(O)/C=C/CC/C=C/C(=O)NC1C(C)C(=O)CCCC1CC(=O)NC(=O)C1.CC.CC. The van der Waals surface area contributed by atoms with Crippen LogP contribution in [0.4, 0.5) is 0 Å². The maximum Gasteiger partial charge on any atom is 0.244 e. The van der Waals surface area contributed by atoms with E-state index in [1.807, 2.05) is 46.8 Å². The minimum atomic E-state index is -0.762. The number of piperidine rings is 1. The van der Waals surface area contributed by atoms with Gasteiger partial charge in [-0.2, -0.15) is 0 Å². The van der Waals surface area contributed by atoms with E-state index < -0.39 is 24.1 Å². The van der Waals surface area contributed by atoms with Gasteiger partial charge >= 0.3 is 0 Å². The van der Waals surface area contributed by atoms with Gasteiger partial charge in [0.1, 0.15) is 5.78 Å². The molecular formula is C29H49N3O5. The van der Waals surface area contributed by atoms with Gasteiger partial charge in [0.25, 0.3) is 0 Å². The zero-order chi connectivity index (χ0) is 28.4. The number of allylic oxidation sites excluding steroid dienone is 2. The van der Waals surface area contributed by atoms with Crippen molar-refractivity contribution >= 4 is 23.5 Å². The van der Waals surface area contributed by atoms with Crippen molar-refractivity contribution in [1.82, 2.24) is 10.6 Å². The summed E-state index contributed by atoms with van der Waals surface area (Å²) < 4.78 is 0. The van der Waals surface area contributed by atoms with Crippen LogP contribution in [0.3, 0.4) is 0 Å². The summed E-state index contributed by atoms with van der Waals surface area (Å²) in [5, 5.41) is 15.4. The smallest absolute Gasteiger partial charge is 0.244 e. The van der Waals surface area contributed by atoms with Gasteiger partial charge in [0.05, 0.1) is 12.1 Å². The van der Waals surface area contributed by atoms with Crippen molar-refractivity contribution in [3.63, 3.8) is 0 Å². The summed E-state index contributed by atoms with van der Waals surface area (Å²) >= 11 is 0. The molecule has 37 heavy (non-hydrogen) atoms. The van der Waals surface area contributed by atoms with Gasteiger partial charge in [-0.25, -0.2) is 0 Å². The van der Waals surface area contributed by atoms with Crippen LogP contribution in [-0.2, 0) is 19.2 Å². The molecule has 8 nitrogen and oxygen atoms in total. The molecule has 0 saturated carbocycles. The Hall–Kier alpha value is -2.58. The second kappa shape index (κ2) is 19.5. The van der Waals surface area contributed by atoms with Crippen molar-refractivity contribution in [3.8, 4) is 0 Å². The molecule has 3 amide bonds. The van der Waals surface area contributed by atoms with E-state index in [0.717, 1.165) is 5.57 Å². The van der Waals surface area contributed by atoms with Gasteiger partial charge in [-0.3, -0.25) is 24.5 Å². The molecule has 8 heteroatoms. The van der Waals surface area contributed by atoms with Gasteiger partial charge in [-0.1, -0.05) is 64.5 Å². The summed E-state index contributed by atoms with van der Waals surface area (Å²) in [6.45, 7) is 11.7. The number of nitrogens with one attached hydrogen (secondary N) is 2. The number of imide groups is 1. The lowest BCUT2D eigenvalue weighted by Gasteiger charge is -2.26. The van der Waals surface area contributed by atoms with Gasteiger partial charge in [-0.15, -0.1) is 0 Å². The quantitative estimate of drug-likeness (QED) is 0.310. The monoisotopic (exact) mass is 519 g/mol. The molecule has 0 spiro atoms. The second-order valence-corrected chi connectivity index (χ2v) is 9.13. The van der Waals surface area contributed by atoms with Gasteiger partial charge in [0.15, 0.2) is 0 Å². The van der Waals surface area contributed by atoms with Crippen LogP contribution < -0.4 is 16.4 Å². The van der Waals surface area contributed by atoms with E-state index in [1.165, 1.54) is 6.08 Å². The van der Waals surface area contributed by atoms with Crippen molar-refractivity contribution in [2.45, 2.75) is 111 Å². The average molecular weight is 520 g/mol. The first-order valence-corrected chi connectivity index (χ1v) is 13.8. The van der Waals surface area contributed by atoms with Crippen LogP contribution in [0, 0.1) is 11.8 Å². The lowest BCUT2D eigenvalue weighted by molar-refractivity contribution is -0.135. The summed E-state index contributed by atoms with van der Waals surface area (Å²) in [5.41, 5.74) is 6.90. The Morgan fingerprint density at radius 2 is 1.68 bits per heavy atom. The van der Waals surface area contributed by atoms with Crippen LogP contribution in [0.5, 0.6) is 0 Å². The summed E-state index contributed by atoms with van der Waals surface area (Å²) in [4.78, 5) is 48.4. The highest BCUT2D eigenvalue weighted by Crippen LogP contribution is 2.23. The Morgan fingerprint density at radius 3 is 2.30 bits per heavy atom. The molecule has 0 aromatic carbocycles. The van der Waals surface area contributed by atoms with Gasteiger partial charge < -0.3 is 16.2 Å². The number of amides is 3. The Labute approximate surface area is 223 Å². The third-order valence-electron chi connectivity index (χ3n) is 6.31. The topological polar surface area (TPSA) is 139 Å². The van der Waals surface area contributed by atoms with Crippen molar-refractivity contribution in [1.29, 1.82) is 0 Å². The maximum atomic E-state index is 12.9. The number of carbonyl (C=O) groups excluding carboxylic acids is 4. The first-order chi connectivity index (χ1) is 17.7. The molecule has 2 heterocycles. The summed E-state index contributed by atoms with van der Waals surface area (Å²) in [5.74, 6) is -1.25. The van der Waals surface area contributed by atoms with Gasteiger partial charge in [0.2, 0.25) is 17.7 Å². The molecule has 4 unspecified atom stereocenters. The first kappa shape index (κ1) is 34.4.